The number of halogens is 1. The number of nitrogens with two attached hydrogens (primary N) is 1. The molecule has 0 bridgehead atoms. The molecule has 0 unspecified atom stereocenters. The predicted octanol–water partition coefficient (Wildman–Crippen LogP) is 3.21. The molecule has 98 valence electrons. The van der Waals surface area contributed by atoms with Crippen LogP contribution < -0.4 is 10.6 Å². The van der Waals surface area contributed by atoms with Crippen molar-refractivity contribution in [2.45, 2.75) is 19.8 Å². The van der Waals surface area contributed by atoms with Gasteiger partial charge < -0.3 is 10.6 Å². The van der Waals surface area contributed by atoms with E-state index < -0.39 is 0 Å². The average molecular weight is 319 g/mol. The maximum absolute atomic E-state index is 5.80. The minimum atomic E-state index is 0.483. The van der Waals surface area contributed by atoms with Crippen molar-refractivity contribution in [2.75, 3.05) is 17.2 Å². The average Bonchev–Trinajstić information content (AvgIpc) is 2.36. The van der Waals surface area contributed by atoms with Crippen LogP contribution in [0.4, 0.5) is 17.5 Å². The Labute approximate surface area is 120 Å². The maximum Gasteiger partial charge on any atom is 0.232 e. The molecule has 0 saturated heterocycles. The molecule has 4 nitrogen and oxygen atoms in total. The zero-order chi connectivity index (χ0) is 13.4. The van der Waals surface area contributed by atoms with Gasteiger partial charge in [0.05, 0.1) is 0 Å². The molecule has 0 atom stereocenters. The zero-order valence-corrected chi connectivity index (χ0v) is 12.3. The second kappa shape index (κ2) is 4.81. The van der Waals surface area contributed by atoms with Crippen LogP contribution in [0.5, 0.6) is 0 Å². The lowest BCUT2D eigenvalue weighted by Gasteiger charge is -2.29. The third kappa shape index (κ3) is 2.42. The van der Waals surface area contributed by atoms with E-state index in [-0.39, 0.29) is 0 Å². The molecule has 0 aliphatic carbocycles. The first-order valence-electron chi connectivity index (χ1n) is 6.30. The largest absolute Gasteiger partial charge is 0.383 e. The number of hydrogen-bond donors (Lipinski definition) is 1. The molecule has 1 aliphatic rings. The van der Waals surface area contributed by atoms with Crippen molar-refractivity contribution < 1.29 is 0 Å². The maximum atomic E-state index is 5.80. The van der Waals surface area contributed by atoms with E-state index in [0.29, 0.717) is 16.4 Å². The van der Waals surface area contributed by atoms with Gasteiger partial charge in [-0.1, -0.05) is 17.7 Å². The number of aromatic nitrogens is 2. The van der Waals surface area contributed by atoms with Crippen LogP contribution in [0.25, 0.3) is 0 Å². The van der Waals surface area contributed by atoms with Gasteiger partial charge in [0, 0.05) is 18.3 Å². The molecule has 2 aromatic rings. The van der Waals surface area contributed by atoms with Crippen molar-refractivity contribution in [3.8, 4) is 0 Å². The van der Waals surface area contributed by atoms with E-state index in [0.717, 1.165) is 19.4 Å². The Morgan fingerprint density at radius 2 is 2.11 bits per heavy atom. The number of fused-ring (bicyclic) bond motifs is 1. The monoisotopic (exact) mass is 318 g/mol. The lowest BCUT2D eigenvalue weighted by Crippen LogP contribution is -2.26. The third-order valence-electron chi connectivity index (χ3n) is 3.30. The lowest BCUT2D eigenvalue weighted by molar-refractivity contribution is 0.749. The summed E-state index contributed by atoms with van der Waals surface area (Å²) in [6.45, 7) is 3.04. The van der Waals surface area contributed by atoms with Crippen molar-refractivity contribution in [2.24, 2.45) is 0 Å². The Bertz CT molecular complexity index is 607. The second-order valence-electron chi connectivity index (χ2n) is 4.80. The first kappa shape index (κ1) is 12.4. The van der Waals surface area contributed by atoms with Crippen LogP contribution in [-0.2, 0) is 6.42 Å². The smallest absolute Gasteiger partial charge is 0.232 e. The SMILES string of the molecule is Cc1ccc2c(c1)CCCN2c1nc(N)cc(Br)n1. The molecule has 0 fully saturated rings. The van der Waals surface area contributed by atoms with E-state index in [2.05, 4.69) is 55.9 Å². The number of anilines is 3. The fourth-order valence-electron chi connectivity index (χ4n) is 2.48. The van der Waals surface area contributed by atoms with Crippen molar-refractivity contribution in [3.63, 3.8) is 0 Å². The van der Waals surface area contributed by atoms with Gasteiger partial charge in [0.2, 0.25) is 5.95 Å². The molecule has 2 heterocycles. The Morgan fingerprint density at radius 3 is 2.89 bits per heavy atom. The topological polar surface area (TPSA) is 55.0 Å². The minimum Gasteiger partial charge on any atom is -0.383 e. The molecule has 5 heteroatoms. The Kier molecular flexibility index (Phi) is 3.14. The summed E-state index contributed by atoms with van der Waals surface area (Å²) in [4.78, 5) is 10.9. The zero-order valence-electron chi connectivity index (χ0n) is 10.7. The number of nitrogens with zero attached hydrogens (tertiary/aromatic N) is 3. The molecule has 0 radical (unpaired) electrons. The normalized spacial score (nSPS) is 14.3. The highest BCUT2D eigenvalue weighted by molar-refractivity contribution is 9.10. The van der Waals surface area contributed by atoms with E-state index in [4.69, 9.17) is 5.73 Å². The summed E-state index contributed by atoms with van der Waals surface area (Å²) in [5, 5.41) is 0. The summed E-state index contributed by atoms with van der Waals surface area (Å²) in [5.74, 6) is 1.15. The van der Waals surface area contributed by atoms with Crippen molar-refractivity contribution in [3.05, 3.63) is 40.0 Å². The van der Waals surface area contributed by atoms with Crippen molar-refractivity contribution in [1.82, 2.24) is 9.97 Å². The molecule has 0 spiro atoms. The van der Waals surface area contributed by atoms with Crippen LogP contribution in [0.1, 0.15) is 17.5 Å². The van der Waals surface area contributed by atoms with Gasteiger partial charge >= 0.3 is 0 Å². The fourth-order valence-corrected chi connectivity index (χ4v) is 2.87. The standard InChI is InChI=1S/C14H15BrN4/c1-9-4-5-11-10(7-9)3-2-6-19(11)14-17-12(15)8-13(16)18-14/h4-5,7-8H,2-3,6H2,1H3,(H2,16,17,18). The molecule has 2 N–H and O–H groups in total. The predicted molar refractivity (Wildman–Crippen MR) is 80.7 cm³/mol. The summed E-state index contributed by atoms with van der Waals surface area (Å²) in [7, 11) is 0. The Morgan fingerprint density at radius 1 is 1.26 bits per heavy atom. The van der Waals surface area contributed by atoms with E-state index in [1.165, 1.54) is 16.8 Å². The molecule has 0 saturated carbocycles. The molecule has 3 rings (SSSR count). The van der Waals surface area contributed by atoms with Crippen molar-refractivity contribution in [1.29, 1.82) is 0 Å². The highest BCUT2D eigenvalue weighted by Crippen LogP contribution is 2.32. The first-order chi connectivity index (χ1) is 9.13. The Hall–Kier alpha value is -1.62. The van der Waals surface area contributed by atoms with Gasteiger partial charge in [0.1, 0.15) is 10.4 Å². The van der Waals surface area contributed by atoms with Gasteiger partial charge in [0.15, 0.2) is 0 Å². The van der Waals surface area contributed by atoms with Crippen LogP contribution >= 0.6 is 15.9 Å². The summed E-state index contributed by atoms with van der Waals surface area (Å²) >= 11 is 3.37. The van der Waals surface area contributed by atoms with Crippen molar-refractivity contribution >= 4 is 33.4 Å². The van der Waals surface area contributed by atoms with Crippen LogP contribution in [-0.4, -0.2) is 16.5 Å². The van der Waals surface area contributed by atoms with Gasteiger partial charge in [-0.05, 0) is 47.3 Å². The van der Waals surface area contributed by atoms with Gasteiger partial charge in [-0.2, -0.15) is 4.98 Å². The molecular weight excluding hydrogens is 304 g/mol. The van der Waals surface area contributed by atoms with Crippen LogP contribution in [0.3, 0.4) is 0 Å². The summed E-state index contributed by atoms with van der Waals surface area (Å²) in [5.41, 5.74) is 9.63. The summed E-state index contributed by atoms with van der Waals surface area (Å²) in [6.07, 6.45) is 2.21. The van der Waals surface area contributed by atoms with E-state index in [9.17, 15) is 0 Å². The van der Waals surface area contributed by atoms with Gasteiger partial charge in [-0.15, -0.1) is 0 Å². The third-order valence-corrected chi connectivity index (χ3v) is 3.70. The summed E-state index contributed by atoms with van der Waals surface area (Å²) < 4.78 is 0.717. The summed E-state index contributed by atoms with van der Waals surface area (Å²) in [6, 6.07) is 8.22. The molecule has 1 aromatic carbocycles. The quantitative estimate of drug-likeness (QED) is 0.820. The number of benzene rings is 1. The van der Waals surface area contributed by atoms with E-state index in [1.54, 1.807) is 6.07 Å². The van der Waals surface area contributed by atoms with Gasteiger partial charge in [-0.25, -0.2) is 4.98 Å². The second-order valence-corrected chi connectivity index (χ2v) is 5.62. The van der Waals surface area contributed by atoms with Crippen LogP contribution in [0.15, 0.2) is 28.9 Å². The molecule has 0 amide bonds. The minimum absolute atomic E-state index is 0.483. The van der Waals surface area contributed by atoms with Gasteiger partial charge in [-0.3, -0.25) is 0 Å². The highest BCUT2D eigenvalue weighted by atomic mass is 79.9. The lowest BCUT2D eigenvalue weighted by atomic mass is 10.00. The van der Waals surface area contributed by atoms with E-state index >= 15 is 0 Å². The van der Waals surface area contributed by atoms with Crippen LogP contribution in [0, 0.1) is 6.92 Å². The molecule has 1 aliphatic heterocycles. The van der Waals surface area contributed by atoms with E-state index in [1.807, 2.05) is 0 Å². The van der Waals surface area contributed by atoms with Gasteiger partial charge in [0.25, 0.3) is 0 Å². The Balaban J connectivity index is 2.08. The number of aryl methyl sites for hydroxylation is 2. The number of rotatable bonds is 1. The fraction of sp³-hybridized carbons (Fsp3) is 0.286. The first-order valence-corrected chi connectivity index (χ1v) is 7.10. The highest BCUT2D eigenvalue weighted by Gasteiger charge is 2.20. The van der Waals surface area contributed by atoms with Crippen LogP contribution in [0.2, 0.25) is 0 Å². The molecular formula is C14H15BrN4. The number of nitrogen functional groups attached to an aromatic ring is 1. The number of hydrogen-bond acceptors (Lipinski definition) is 4. The molecule has 19 heavy (non-hydrogen) atoms. The molecule has 1 aromatic heterocycles.